The molecule has 0 radical (unpaired) electrons. The van der Waals surface area contributed by atoms with Crippen LogP contribution in [0.4, 0.5) is 0 Å². The van der Waals surface area contributed by atoms with Crippen molar-refractivity contribution in [1.29, 1.82) is 0 Å². The smallest absolute Gasteiger partial charge is 0.221 e. The lowest BCUT2D eigenvalue weighted by Crippen LogP contribution is -2.37. The summed E-state index contributed by atoms with van der Waals surface area (Å²) in [5, 5.41) is 5.84. The lowest BCUT2D eigenvalue weighted by Gasteiger charge is -2.13. The van der Waals surface area contributed by atoms with Crippen LogP contribution in [0.1, 0.15) is 38.5 Å². The van der Waals surface area contributed by atoms with Crippen LogP contribution in [0.25, 0.3) is 0 Å². The van der Waals surface area contributed by atoms with Gasteiger partial charge in [0, 0.05) is 19.0 Å². The molecule has 0 bridgehead atoms. The summed E-state index contributed by atoms with van der Waals surface area (Å²) in [6.45, 7) is 1.71. The highest BCUT2D eigenvalue weighted by molar-refractivity contribution is 7.92. The number of carbonyl (C=O) groups is 1. The second-order valence-electron chi connectivity index (χ2n) is 5.28. The third kappa shape index (κ3) is 3.68. The summed E-state index contributed by atoms with van der Waals surface area (Å²) < 4.78 is 24.0. The first-order valence-electron chi connectivity index (χ1n) is 6.79. The highest BCUT2D eigenvalue weighted by atomic mass is 32.2. The average Bonchev–Trinajstić information content (AvgIpc) is 2.99. The molecule has 1 saturated carbocycles. The van der Waals surface area contributed by atoms with Gasteiger partial charge in [-0.2, -0.15) is 0 Å². The van der Waals surface area contributed by atoms with Crippen molar-refractivity contribution in [3.05, 3.63) is 0 Å². The van der Waals surface area contributed by atoms with Gasteiger partial charge in [0.25, 0.3) is 0 Å². The summed E-state index contributed by atoms with van der Waals surface area (Å²) in [6, 6.07) is 0.173. The fourth-order valence-electron chi connectivity index (χ4n) is 2.73. The molecule has 2 fully saturated rings. The summed E-state index contributed by atoms with van der Waals surface area (Å²) in [5.74, 6) is -0.130. The van der Waals surface area contributed by atoms with Crippen molar-refractivity contribution < 1.29 is 13.2 Å². The molecule has 1 aliphatic carbocycles. The maximum absolute atomic E-state index is 12.0. The Morgan fingerprint density at radius 1 is 1.22 bits per heavy atom. The van der Waals surface area contributed by atoms with Crippen molar-refractivity contribution in [2.75, 3.05) is 18.8 Å². The molecule has 1 unspecified atom stereocenters. The third-order valence-corrected chi connectivity index (χ3v) is 6.11. The molecular weight excluding hydrogens is 252 g/mol. The molecule has 1 aliphatic heterocycles. The monoisotopic (exact) mass is 274 g/mol. The summed E-state index contributed by atoms with van der Waals surface area (Å²) in [5.41, 5.74) is 0. The fourth-order valence-corrected chi connectivity index (χ4v) is 4.58. The minimum atomic E-state index is -3.07. The van der Waals surface area contributed by atoms with E-state index in [1.807, 2.05) is 0 Å². The number of nitrogens with one attached hydrogen (secondary N) is 2. The molecule has 2 rings (SSSR count). The second-order valence-corrected chi connectivity index (χ2v) is 7.68. The summed E-state index contributed by atoms with van der Waals surface area (Å²) >= 11 is 0. The zero-order valence-corrected chi connectivity index (χ0v) is 11.5. The Morgan fingerprint density at radius 3 is 2.56 bits per heavy atom. The number of sulfone groups is 1. The summed E-state index contributed by atoms with van der Waals surface area (Å²) in [7, 11) is -3.07. The molecule has 0 aromatic rings. The SMILES string of the molecule is O=C(CCS(=O)(=O)C1CCCC1)NC1CCNC1. The molecule has 0 aromatic heterocycles. The van der Waals surface area contributed by atoms with Gasteiger partial charge in [0.1, 0.15) is 0 Å². The number of amides is 1. The Bertz CT molecular complexity index is 382. The van der Waals surface area contributed by atoms with E-state index in [9.17, 15) is 13.2 Å². The molecule has 1 amide bonds. The average molecular weight is 274 g/mol. The van der Waals surface area contributed by atoms with E-state index in [1.54, 1.807) is 0 Å². The Balaban J connectivity index is 1.74. The molecular formula is C12H22N2O3S. The highest BCUT2D eigenvalue weighted by Gasteiger charge is 2.29. The topological polar surface area (TPSA) is 75.3 Å². The minimum absolute atomic E-state index is 0.00362. The lowest BCUT2D eigenvalue weighted by molar-refractivity contribution is -0.121. The molecule has 104 valence electrons. The molecule has 1 saturated heterocycles. The Morgan fingerprint density at radius 2 is 1.94 bits per heavy atom. The van der Waals surface area contributed by atoms with Gasteiger partial charge in [-0.1, -0.05) is 12.8 Å². The van der Waals surface area contributed by atoms with Gasteiger partial charge in [0.15, 0.2) is 9.84 Å². The van der Waals surface area contributed by atoms with Crippen LogP contribution < -0.4 is 10.6 Å². The van der Waals surface area contributed by atoms with Gasteiger partial charge in [0.05, 0.1) is 11.0 Å². The van der Waals surface area contributed by atoms with E-state index in [1.165, 1.54) is 0 Å². The predicted octanol–water partition coefficient (Wildman–Crippen LogP) is 0.212. The van der Waals surface area contributed by atoms with Crippen molar-refractivity contribution in [2.24, 2.45) is 0 Å². The first kappa shape index (κ1) is 13.8. The van der Waals surface area contributed by atoms with E-state index in [-0.39, 0.29) is 29.4 Å². The Labute approximate surface area is 109 Å². The van der Waals surface area contributed by atoms with Gasteiger partial charge in [-0.3, -0.25) is 4.79 Å². The third-order valence-electron chi connectivity index (χ3n) is 3.85. The van der Waals surface area contributed by atoms with Crippen molar-refractivity contribution in [3.8, 4) is 0 Å². The molecule has 18 heavy (non-hydrogen) atoms. The van der Waals surface area contributed by atoms with Crippen LogP contribution >= 0.6 is 0 Å². The van der Waals surface area contributed by atoms with E-state index < -0.39 is 9.84 Å². The van der Waals surface area contributed by atoms with Crippen LogP contribution in [0.5, 0.6) is 0 Å². The molecule has 5 nitrogen and oxygen atoms in total. The number of hydrogen-bond donors (Lipinski definition) is 2. The van der Waals surface area contributed by atoms with Crippen LogP contribution in [-0.2, 0) is 14.6 Å². The van der Waals surface area contributed by atoms with Gasteiger partial charge >= 0.3 is 0 Å². The van der Waals surface area contributed by atoms with Crippen molar-refractivity contribution in [3.63, 3.8) is 0 Å². The molecule has 0 aromatic carbocycles. The number of rotatable bonds is 5. The lowest BCUT2D eigenvalue weighted by atomic mass is 10.2. The molecule has 2 N–H and O–H groups in total. The maximum atomic E-state index is 12.0. The first-order chi connectivity index (χ1) is 8.58. The zero-order valence-electron chi connectivity index (χ0n) is 10.7. The maximum Gasteiger partial charge on any atom is 0.221 e. The van der Waals surface area contributed by atoms with Crippen molar-refractivity contribution in [2.45, 2.75) is 49.8 Å². The van der Waals surface area contributed by atoms with Gasteiger partial charge in [-0.15, -0.1) is 0 Å². The zero-order chi connectivity index (χ0) is 13.0. The van der Waals surface area contributed by atoms with E-state index >= 15 is 0 Å². The fraction of sp³-hybridized carbons (Fsp3) is 0.917. The molecule has 0 spiro atoms. The molecule has 6 heteroatoms. The molecule has 2 aliphatic rings. The Hall–Kier alpha value is -0.620. The molecule has 1 heterocycles. The summed E-state index contributed by atoms with van der Waals surface area (Å²) in [4.78, 5) is 11.7. The number of carbonyl (C=O) groups excluding carboxylic acids is 1. The summed E-state index contributed by atoms with van der Waals surface area (Å²) in [6.07, 6.45) is 4.59. The minimum Gasteiger partial charge on any atom is -0.352 e. The van der Waals surface area contributed by atoms with E-state index in [0.29, 0.717) is 0 Å². The van der Waals surface area contributed by atoms with Gasteiger partial charge in [0.2, 0.25) is 5.91 Å². The number of hydrogen-bond acceptors (Lipinski definition) is 4. The van der Waals surface area contributed by atoms with E-state index in [2.05, 4.69) is 10.6 Å². The Kier molecular flexibility index (Phi) is 4.61. The second kappa shape index (κ2) is 6.02. The van der Waals surface area contributed by atoms with Crippen LogP contribution in [0.2, 0.25) is 0 Å². The largest absolute Gasteiger partial charge is 0.352 e. The normalized spacial score (nSPS) is 25.4. The first-order valence-corrected chi connectivity index (χ1v) is 8.51. The van der Waals surface area contributed by atoms with Crippen LogP contribution in [0.3, 0.4) is 0 Å². The highest BCUT2D eigenvalue weighted by Crippen LogP contribution is 2.25. The van der Waals surface area contributed by atoms with Crippen molar-refractivity contribution in [1.82, 2.24) is 10.6 Å². The van der Waals surface area contributed by atoms with Crippen LogP contribution in [-0.4, -0.2) is 44.5 Å². The van der Waals surface area contributed by atoms with Crippen LogP contribution in [0, 0.1) is 0 Å². The van der Waals surface area contributed by atoms with Gasteiger partial charge in [-0.25, -0.2) is 8.42 Å². The standard InChI is InChI=1S/C12H22N2O3S/c15-12(14-10-5-7-13-9-10)6-8-18(16,17)11-3-1-2-4-11/h10-11,13H,1-9H2,(H,14,15). The predicted molar refractivity (Wildman–Crippen MR) is 70.1 cm³/mol. The van der Waals surface area contributed by atoms with Gasteiger partial charge in [-0.05, 0) is 25.8 Å². The van der Waals surface area contributed by atoms with E-state index in [4.69, 9.17) is 0 Å². The van der Waals surface area contributed by atoms with Crippen LogP contribution in [0.15, 0.2) is 0 Å². The van der Waals surface area contributed by atoms with Gasteiger partial charge < -0.3 is 10.6 Å². The van der Waals surface area contributed by atoms with E-state index in [0.717, 1.165) is 45.2 Å². The van der Waals surface area contributed by atoms with Crippen molar-refractivity contribution >= 4 is 15.7 Å². The molecule has 1 atom stereocenters. The quantitative estimate of drug-likeness (QED) is 0.751.